The van der Waals surface area contributed by atoms with Crippen molar-refractivity contribution >= 4 is 22.6 Å². The molecule has 0 bridgehead atoms. The fraction of sp³-hybridized carbons (Fsp3) is 0.400. The molecule has 0 saturated carbocycles. The topological polar surface area (TPSA) is 112 Å². The molecule has 0 radical (unpaired) electrons. The number of nitrogens with two attached hydrogens (primary N) is 2. The molecule has 5 N–H and O–H groups in total. The molecule has 2 aromatic carbocycles. The highest BCUT2D eigenvalue weighted by Gasteiger charge is 2.23. The first-order valence-electron chi connectivity index (χ1n) is 13.6. The summed E-state index contributed by atoms with van der Waals surface area (Å²) in [6.45, 7) is 3.32. The Hall–Kier alpha value is -3.04. The van der Waals surface area contributed by atoms with Crippen molar-refractivity contribution in [2.75, 3.05) is 13.2 Å². The van der Waals surface area contributed by atoms with E-state index in [4.69, 9.17) is 27.8 Å². The average molecular weight is 552 g/mol. The minimum atomic E-state index is -0.508. The molecule has 1 saturated heterocycles. The van der Waals surface area contributed by atoms with E-state index in [2.05, 4.69) is 22.1 Å². The minimum absolute atomic E-state index is 0.0634. The van der Waals surface area contributed by atoms with Gasteiger partial charge in [0, 0.05) is 29.8 Å². The molecule has 5 rings (SSSR count). The van der Waals surface area contributed by atoms with E-state index in [1.807, 2.05) is 19.1 Å². The Morgan fingerprint density at radius 2 is 2.05 bits per heavy atom. The lowest BCUT2D eigenvalue weighted by Gasteiger charge is -2.29. The first kappa shape index (κ1) is 27.5. The van der Waals surface area contributed by atoms with E-state index in [0.29, 0.717) is 34.8 Å². The highest BCUT2D eigenvalue weighted by atomic mass is 35.5. The molecule has 3 atom stereocenters. The molecule has 1 fully saturated rings. The Morgan fingerprint density at radius 1 is 1.26 bits per heavy atom. The molecule has 3 heterocycles. The molecule has 2 aromatic heterocycles. The molecule has 0 spiro atoms. The van der Waals surface area contributed by atoms with Gasteiger partial charge in [0.05, 0.1) is 22.5 Å². The summed E-state index contributed by atoms with van der Waals surface area (Å²) >= 11 is 6.24. The van der Waals surface area contributed by atoms with Gasteiger partial charge in [-0.3, -0.25) is 4.57 Å². The zero-order valence-corrected chi connectivity index (χ0v) is 22.9. The normalized spacial score (nSPS) is 18.5. The molecule has 4 aromatic rings. The Morgan fingerprint density at radius 3 is 2.79 bits per heavy atom. The van der Waals surface area contributed by atoms with Crippen LogP contribution >= 0.6 is 11.6 Å². The maximum atomic E-state index is 15.1. The average Bonchev–Trinajstić information content (AvgIpc) is 3.33. The van der Waals surface area contributed by atoms with Crippen molar-refractivity contribution in [1.82, 2.24) is 14.5 Å². The van der Waals surface area contributed by atoms with Crippen LogP contribution in [0.2, 0.25) is 5.02 Å². The highest BCUT2D eigenvalue weighted by Crippen LogP contribution is 2.33. The van der Waals surface area contributed by atoms with E-state index in [1.54, 1.807) is 24.4 Å². The largest absolute Gasteiger partial charge is 0.378 e. The van der Waals surface area contributed by atoms with Gasteiger partial charge in [-0.1, -0.05) is 23.7 Å². The van der Waals surface area contributed by atoms with Gasteiger partial charge >= 0.3 is 5.69 Å². The molecule has 7 nitrogen and oxygen atoms in total. The predicted octanol–water partition coefficient (Wildman–Crippen LogP) is 5.45. The van der Waals surface area contributed by atoms with Crippen molar-refractivity contribution < 1.29 is 9.13 Å². The van der Waals surface area contributed by atoms with Crippen molar-refractivity contribution in [2.24, 2.45) is 11.5 Å². The molecular weight excluding hydrogens is 517 g/mol. The summed E-state index contributed by atoms with van der Waals surface area (Å²) in [5.74, 6) is -0.100. The number of H-pyrrole nitrogens is 1. The van der Waals surface area contributed by atoms with Crippen molar-refractivity contribution in [3.63, 3.8) is 0 Å². The van der Waals surface area contributed by atoms with Gasteiger partial charge in [-0.15, -0.1) is 0 Å². The lowest BCUT2D eigenvalue weighted by Crippen LogP contribution is -2.26. The number of aromatic amines is 1. The summed E-state index contributed by atoms with van der Waals surface area (Å²) in [4.78, 5) is 20.3. The first-order valence-corrected chi connectivity index (χ1v) is 14.0. The number of ether oxygens (including phenoxy) is 1. The SMILES string of the molecule is C[C@H](N)CCCc1cc(Cl)c(F)c(-c2cc3cn(-c4ccc([C@@H]5CCO[C@@H](CCN)C5)cc4)c(=O)nc3[nH]2)c1. The Balaban J connectivity index is 1.41. The zero-order chi connectivity index (χ0) is 27.5. The van der Waals surface area contributed by atoms with Gasteiger partial charge in [-0.25, -0.2) is 9.18 Å². The third-order valence-electron chi connectivity index (χ3n) is 7.51. The van der Waals surface area contributed by atoms with Crippen LogP contribution in [0.3, 0.4) is 0 Å². The van der Waals surface area contributed by atoms with Crippen molar-refractivity contribution in [3.05, 3.63) is 81.1 Å². The van der Waals surface area contributed by atoms with Crippen LogP contribution < -0.4 is 17.2 Å². The van der Waals surface area contributed by atoms with Crippen LogP contribution in [0, 0.1) is 5.82 Å². The third-order valence-corrected chi connectivity index (χ3v) is 7.78. The lowest BCUT2D eigenvalue weighted by atomic mass is 9.87. The first-order chi connectivity index (χ1) is 18.8. The number of fused-ring (bicyclic) bond motifs is 1. The van der Waals surface area contributed by atoms with Gasteiger partial charge in [-0.05, 0) is 99.4 Å². The van der Waals surface area contributed by atoms with Gasteiger partial charge in [0.15, 0.2) is 5.82 Å². The molecule has 39 heavy (non-hydrogen) atoms. The fourth-order valence-electron chi connectivity index (χ4n) is 5.42. The van der Waals surface area contributed by atoms with Crippen LogP contribution in [0.4, 0.5) is 4.39 Å². The Kier molecular flexibility index (Phi) is 8.47. The van der Waals surface area contributed by atoms with Crippen LogP contribution in [0.15, 0.2) is 53.5 Å². The molecule has 0 aliphatic carbocycles. The number of aryl methyl sites for hydroxylation is 1. The van der Waals surface area contributed by atoms with E-state index in [0.717, 1.165) is 56.4 Å². The number of halogens is 2. The molecule has 0 unspecified atom stereocenters. The van der Waals surface area contributed by atoms with Crippen molar-refractivity contribution in [2.45, 2.75) is 63.5 Å². The fourth-order valence-corrected chi connectivity index (χ4v) is 5.66. The number of aromatic nitrogens is 3. The summed E-state index contributed by atoms with van der Waals surface area (Å²) in [6.07, 6.45) is 7.21. The number of hydrogen-bond acceptors (Lipinski definition) is 5. The van der Waals surface area contributed by atoms with Gasteiger partial charge < -0.3 is 21.2 Å². The highest BCUT2D eigenvalue weighted by molar-refractivity contribution is 6.31. The number of hydrogen-bond donors (Lipinski definition) is 3. The standard InChI is InChI=1S/C30H35ClFN5O2/c1-18(34)3-2-4-19-13-25(28(32)26(31)14-19)27-16-22-17-37(30(38)36-29(22)35-27)23-7-5-20(6-8-23)21-10-12-39-24(15-21)9-11-33/h5-8,13-14,16-18,21,24H,2-4,9-12,15,33-34H2,1H3,(H,35,36,38)/t18-,21+,24-/m0/s1. The second-order valence-electron chi connectivity index (χ2n) is 10.6. The number of rotatable bonds is 9. The number of nitrogens with one attached hydrogen (secondary N) is 1. The van der Waals surface area contributed by atoms with Crippen LogP contribution in [0.5, 0.6) is 0 Å². The van der Waals surface area contributed by atoms with E-state index < -0.39 is 11.5 Å². The van der Waals surface area contributed by atoms with Gasteiger partial charge in [0.25, 0.3) is 0 Å². The zero-order valence-electron chi connectivity index (χ0n) is 22.1. The van der Waals surface area contributed by atoms with Crippen molar-refractivity contribution in [3.8, 4) is 16.9 Å². The molecule has 0 amide bonds. The van der Waals surface area contributed by atoms with Crippen LogP contribution in [0.25, 0.3) is 28.0 Å². The van der Waals surface area contributed by atoms with E-state index in [9.17, 15) is 4.79 Å². The van der Waals surface area contributed by atoms with Crippen molar-refractivity contribution in [1.29, 1.82) is 0 Å². The summed E-state index contributed by atoms with van der Waals surface area (Å²) in [5.41, 5.74) is 15.3. The second-order valence-corrected chi connectivity index (χ2v) is 11.0. The summed E-state index contributed by atoms with van der Waals surface area (Å²) in [5, 5.41) is 0.758. The monoisotopic (exact) mass is 551 g/mol. The maximum absolute atomic E-state index is 15.1. The number of nitrogens with zero attached hydrogens (tertiary/aromatic N) is 2. The van der Waals surface area contributed by atoms with E-state index in [-0.39, 0.29) is 17.2 Å². The van der Waals surface area contributed by atoms with Crippen LogP contribution in [-0.4, -0.2) is 39.8 Å². The smallest absolute Gasteiger partial charge is 0.354 e. The van der Waals surface area contributed by atoms with Crippen LogP contribution in [-0.2, 0) is 11.2 Å². The van der Waals surface area contributed by atoms with Gasteiger partial charge in [0.2, 0.25) is 0 Å². The Bertz CT molecular complexity index is 1500. The molecular formula is C30H35ClFN5O2. The quantitative estimate of drug-likeness (QED) is 0.256. The van der Waals surface area contributed by atoms with Gasteiger partial charge in [0.1, 0.15) is 5.65 Å². The Labute approximate surface area is 232 Å². The summed E-state index contributed by atoms with van der Waals surface area (Å²) in [7, 11) is 0. The summed E-state index contributed by atoms with van der Waals surface area (Å²) < 4.78 is 22.4. The maximum Gasteiger partial charge on any atom is 0.354 e. The van der Waals surface area contributed by atoms with E-state index >= 15 is 4.39 Å². The molecule has 1 aliphatic heterocycles. The van der Waals surface area contributed by atoms with Gasteiger partial charge in [-0.2, -0.15) is 4.98 Å². The lowest BCUT2D eigenvalue weighted by molar-refractivity contribution is 0.00348. The molecule has 1 aliphatic rings. The molecule has 9 heteroatoms. The number of benzene rings is 2. The van der Waals surface area contributed by atoms with E-state index in [1.165, 1.54) is 10.1 Å². The van der Waals surface area contributed by atoms with Crippen LogP contribution in [0.1, 0.15) is 56.1 Å². The predicted molar refractivity (Wildman–Crippen MR) is 154 cm³/mol. The molecule has 206 valence electrons. The second kappa shape index (κ2) is 12.0. The summed E-state index contributed by atoms with van der Waals surface area (Å²) in [6, 6.07) is 13.4. The minimum Gasteiger partial charge on any atom is -0.378 e. The third kappa shape index (κ3) is 6.25.